The average molecular weight is 235 g/mol. The Kier molecular flexibility index (Phi) is 3.62. The van der Waals surface area contributed by atoms with E-state index in [1.807, 2.05) is 0 Å². The molecule has 2 rings (SSSR count). The molecule has 0 saturated carbocycles. The van der Waals surface area contributed by atoms with Crippen molar-refractivity contribution < 1.29 is 0 Å². The lowest BCUT2D eigenvalue weighted by molar-refractivity contribution is 0.455. The molecule has 0 amide bonds. The van der Waals surface area contributed by atoms with E-state index in [-0.39, 0.29) is 11.6 Å². The Labute approximate surface area is 102 Å². The topological polar surface area (TPSA) is 60.9 Å². The molecular formula is C13H21N3O. The van der Waals surface area contributed by atoms with Crippen LogP contribution in [0.15, 0.2) is 10.9 Å². The maximum Gasteiger partial charge on any atom is 0.267 e. The number of aryl methyl sites for hydroxylation is 2. The van der Waals surface area contributed by atoms with Gasteiger partial charge in [-0.25, -0.2) is 4.68 Å². The van der Waals surface area contributed by atoms with E-state index in [2.05, 4.69) is 18.9 Å². The molecule has 1 unspecified atom stereocenters. The van der Waals surface area contributed by atoms with Crippen molar-refractivity contribution in [2.75, 3.05) is 0 Å². The third-order valence-electron chi connectivity index (χ3n) is 3.32. The van der Waals surface area contributed by atoms with Crippen LogP contribution in [-0.2, 0) is 19.4 Å². The molecule has 0 spiro atoms. The highest BCUT2D eigenvalue weighted by molar-refractivity contribution is 5.22. The van der Waals surface area contributed by atoms with E-state index in [0.717, 1.165) is 43.5 Å². The molecule has 4 heteroatoms. The fourth-order valence-electron chi connectivity index (χ4n) is 2.20. The van der Waals surface area contributed by atoms with Crippen LogP contribution in [0.3, 0.4) is 0 Å². The predicted octanol–water partition coefficient (Wildman–Crippen LogP) is 1.11. The monoisotopic (exact) mass is 235 g/mol. The molecule has 1 aromatic rings. The van der Waals surface area contributed by atoms with Gasteiger partial charge in [0.15, 0.2) is 0 Å². The number of fused-ring (bicyclic) bond motifs is 1. The summed E-state index contributed by atoms with van der Waals surface area (Å²) in [6.07, 6.45) is 3.66. The highest BCUT2D eigenvalue weighted by Crippen LogP contribution is 2.16. The Bertz CT molecular complexity index is 450. The first-order valence-corrected chi connectivity index (χ1v) is 6.41. The quantitative estimate of drug-likeness (QED) is 0.853. The van der Waals surface area contributed by atoms with Gasteiger partial charge in [-0.05, 0) is 37.2 Å². The Hall–Kier alpha value is -1.16. The summed E-state index contributed by atoms with van der Waals surface area (Å²) in [7, 11) is 0. The van der Waals surface area contributed by atoms with Crippen molar-refractivity contribution in [2.45, 2.75) is 52.1 Å². The van der Waals surface area contributed by atoms with Gasteiger partial charge in [-0.2, -0.15) is 5.10 Å². The molecule has 0 bridgehead atoms. The molecule has 0 saturated heterocycles. The van der Waals surface area contributed by atoms with Crippen molar-refractivity contribution in [2.24, 2.45) is 11.7 Å². The number of rotatable bonds is 3. The second-order valence-electron chi connectivity index (χ2n) is 5.36. The Morgan fingerprint density at radius 3 is 3.06 bits per heavy atom. The van der Waals surface area contributed by atoms with Gasteiger partial charge in [0.2, 0.25) is 0 Å². The van der Waals surface area contributed by atoms with Gasteiger partial charge >= 0.3 is 0 Å². The van der Waals surface area contributed by atoms with E-state index in [9.17, 15) is 4.79 Å². The second-order valence-corrected chi connectivity index (χ2v) is 5.36. The van der Waals surface area contributed by atoms with E-state index >= 15 is 0 Å². The third-order valence-corrected chi connectivity index (χ3v) is 3.32. The first-order chi connectivity index (χ1) is 8.06. The molecule has 1 aliphatic rings. The summed E-state index contributed by atoms with van der Waals surface area (Å²) < 4.78 is 1.61. The van der Waals surface area contributed by atoms with Gasteiger partial charge in [0, 0.05) is 18.7 Å². The van der Waals surface area contributed by atoms with Gasteiger partial charge in [-0.1, -0.05) is 13.8 Å². The van der Waals surface area contributed by atoms with Crippen LogP contribution in [0.4, 0.5) is 0 Å². The fourth-order valence-corrected chi connectivity index (χ4v) is 2.20. The zero-order valence-electron chi connectivity index (χ0n) is 10.6. The molecule has 1 aliphatic carbocycles. The lowest BCUT2D eigenvalue weighted by atomic mass is 9.93. The Morgan fingerprint density at radius 1 is 1.59 bits per heavy atom. The number of aromatic nitrogens is 2. The van der Waals surface area contributed by atoms with Gasteiger partial charge in [0.05, 0.1) is 5.69 Å². The van der Waals surface area contributed by atoms with Crippen molar-refractivity contribution >= 4 is 0 Å². The van der Waals surface area contributed by atoms with Gasteiger partial charge in [-0.15, -0.1) is 0 Å². The summed E-state index contributed by atoms with van der Waals surface area (Å²) in [5.74, 6) is 0.591. The molecule has 1 aromatic heterocycles. The number of nitrogens with zero attached hydrogens (tertiary/aromatic N) is 2. The molecule has 2 N–H and O–H groups in total. The van der Waals surface area contributed by atoms with Crippen LogP contribution < -0.4 is 11.3 Å². The molecule has 0 fully saturated rings. The average Bonchev–Trinajstić information content (AvgIpc) is 2.26. The van der Waals surface area contributed by atoms with Crippen LogP contribution in [0.1, 0.15) is 37.9 Å². The van der Waals surface area contributed by atoms with Crippen LogP contribution in [0.2, 0.25) is 0 Å². The standard InChI is InChI=1S/C13H21N3O/c1-9(2)5-6-16-13(17)8-10-7-11(14)3-4-12(10)15-16/h8-9,11H,3-7,14H2,1-2H3. The SMILES string of the molecule is CC(C)CCn1nc2c(cc1=O)CC(N)CC2. The zero-order chi connectivity index (χ0) is 12.4. The normalized spacial score (nSPS) is 19.4. The van der Waals surface area contributed by atoms with Crippen LogP contribution in [0.5, 0.6) is 0 Å². The van der Waals surface area contributed by atoms with Crippen molar-refractivity contribution in [3.05, 3.63) is 27.7 Å². The lowest BCUT2D eigenvalue weighted by Crippen LogP contribution is -2.33. The molecule has 0 aromatic carbocycles. The summed E-state index contributed by atoms with van der Waals surface area (Å²) in [6.45, 7) is 5.03. The number of nitrogens with two attached hydrogens (primary N) is 1. The predicted molar refractivity (Wildman–Crippen MR) is 68.0 cm³/mol. The van der Waals surface area contributed by atoms with Crippen molar-refractivity contribution in [3.63, 3.8) is 0 Å². The molecule has 17 heavy (non-hydrogen) atoms. The van der Waals surface area contributed by atoms with Gasteiger partial charge in [-0.3, -0.25) is 4.79 Å². The van der Waals surface area contributed by atoms with E-state index in [0.29, 0.717) is 5.92 Å². The molecular weight excluding hydrogens is 214 g/mol. The minimum atomic E-state index is 0.0125. The smallest absolute Gasteiger partial charge is 0.267 e. The molecule has 94 valence electrons. The summed E-state index contributed by atoms with van der Waals surface area (Å²) in [5.41, 5.74) is 8.03. The first-order valence-electron chi connectivity index (χ1n) is 6.41. The first kappa shape index (κ1) is 12.3. The number of hydrogen-bond donors (Lipinski definition) is 1. The van der Waals surface area contributed by atoms with E-state index in [1.165, 1.54) is 0 Å². The van der Waals surface area contributed by atoms with E-state index < -0.39 is 0 Å². The third kappa shape index (κ3) is 2.94. The Balaban J connectivity index is 2.22. The summed E-state index contributed by atoms with van der Waals surface area (Å²) in [5, 5.41) is 4.47. The van der Waals surface area contributed by atoms with Crippen LogP contribution >= 0.6 is 0 Å². The molecule has 0 radical (unpaired) electrons. The second kappa shape index (κ2) is 5.00. The minimum absolute atomic E-state index is 0.0125. The molecule has 0 aliphatic heterocycles. The molecule has 1 heterocycles. The van der Waals surface area contributed by atoms with Crippen LogP contribution in [0, 0.1) is 5.92 Å². The van der Waals surface area contributed by atoms with Gasteiger partial charge in [0.1, 0.15) is 0 Å². The van der Waals surface area contributed by atoms with E-state index in [4.69, 9.17) is 5.73 Å². The summed E-state index contributed by atoms with van der Waals surface area (Å²) >= 11 is 0. The van der Waals surface area contributed by atoms with Gasteiger partial charge in [0.25, 0.3) is 5.56 Å². The van der Waals surface area contributed by atoms with Crippen molar-refractivity contribution in [1.29, 1.82) is 0 Å². The fraction of sp³-hybridized carbons (Fsp3) is 0.692. The highest BCUT2D eigenvalue weighted by atomic mass is 16.1. The van der Waals surface area contributed by atoms with E-state index in [1.54, 1.807) is 10.7 Å². The maximum atomic E-state index is 11.9. The van der Waals surface area contributed by atoms with Gasteiger partial charge < -0.3 is 5.73 Å². The van der Waals surface area contributed by atoms with Crippen LogP contribution in [0.25, 0.3) is 0 Å². The maximum absolute atomic E-state index is 11.9. The van der Waals surface area contributed by atoms with Crippen molar-refractivity contribution in [1.82, 2.24) is 9.78 Å². The largest absolute Gasteiger partial charge is 0.327 e. The summed E-state index contributed by atoms with van der Waals surface area (Å²) in [6, 6.07) is 1.91. The number of hydrogen-bond acceptors (Lipinski definition) is 3. The zero-order valence-corrected chi connectivity index (χ0v) is 10.6. The lowest BCUT2D eigenvalue weighted by Gasteiger charge is -2.21. The Morgan fingerprint density at radius 2 is 2.35 bits per heavy atom. The van der Waals surface area contributed by atoms with Crippen molar-refractivity contribution in [3.8, 4) is 0 Å². The molecule has 4 nitrogen and oxygen atoms in total. The highest BCUT2D eigenvalue weighted by Gasteiger charge is 2.18. The van der Waals surface area contributed by atoms with Crippen LogP contribution in [-0.4, -0.2) is 15.8 Å². The minimum Gasteiger partial charge on any atom is -0.327 e. The molecule has 1 atom stereocenters. The summed E-state index contributed by atoms with van der Waals surface area (Å²) in [4.78, 5) is 11.9.